The van der Waals surface area contributed by atoms with Gasteiger partial charge in [0.25, 0.3) is 5.89 Å². The Labute approximate surface area is 203 Å². The quantitative estimate of drug-likeness (QED) is 0.356. The second-order valence-electron chi connectivity index (χ2n) is 8.08. The maximum absolute atomic E-state index is 11.1. The van der Waals surface area contributed by atoms with Crippen molar-refractivity contribution in [3.63, 3.8) is 0 Å². The molecule has 1 atom stereocenters. The summed E-state index contributed by atoms with van der Waals surface area (Å²) in [6, 6.07) is 7.99. The van der Waals surface area contributed by atoms with Crippen LogP contribution in [0.2, 0.25) is 0 Å². The summed E-state index contributed by atoms with van der Waals surface area (Å²) >= 11 is 1.65. The average molecular weight is 489 g/mol. The van der Waals surface area contributed by atoms with Gasteiger partial charge in [0.2, 0.25) is 11.7 Å². The summed E-state index contributed by atoms with van der Waals surface area (Å²) in [7, 11) is 2.08. The lowest BCUT2D eigenvalue weighted by molar-refractivity contribution is -0.124. The zero-order valence-corrected chi connectivity index (χ0v) is 20.8. The van der Waals surface area contributed by atoms with Gasteiger partial charge in [0, 0.05) is 23.5 Å². The maximum Gasteiger partial charge on any atom is 0.268 e. The van der Waals surface area contributed by atoms with Crippen LogP contribution in [0, 0.1) is 6.92 Å². The van der Waals surface area contributed by atoms with Crippen molar-refractivity contribution in [2.45, 2.75) is 39.8 Å². The zero-order chi connectivity index (χ0) is 24.7. The van der Waals surface area contributed by atoms with Gasteiger partial charge in [-0.25, -0.2) is 0 Å². The molecule has 0 radical (unpaired) electrons. The topological polar surface area (TPSA) is 121 Å². The molecule has 34 heavy (non-hydrogen) atoms. The number of nitrogens with one attached hydrogen (secondary N) is 1. The first-order chi connectivity index (χ1) is 16.3. The Morgan fingerprint density at radius 1 is 1.32 bits per heavy atom. The number of rotatable bonds is 12. The lowest BCUT2D eigenvalue weighted by Crippen LogP contribution is -2.36. The monoisotopic (exact) mass is 488 g/mol. The number of aromatic nitrogens is 2. The van der Waals surface area contributed by atoms with Crippen molar-refractivity contribution in [1.82, 2.24) is 20.4 Å². The molecule has 3 rings (SSSR count). The molecule has 0 spiro atoms. The van der Waals surface area contributed by atoms with E-state index in [1.54, 1.807) is 11.3 Å². The lowest BCUT2D eigenvalue weighted by Gasteiger charge is -2.17. The highest BCUT2D eigenvalue weighted by Crippen LogP contribution is 2.33. The van der Waals surface area contributed by atoms with E-state index in [2.05, 4.69) is 40.4 Å². The Morgan fingerprint density at radius 2 is 2.12 bits per heavy atom. The van der Waals surface area contributed by atoms with Crippen molar-refractivity contribution in [2.24, 2.45) is 0 Å². The molecule has 0 saturated carbocycles. The molecule has 184 valence electrons. The third-order valence-electron chi connectivity index (χ3n) is 5.35. The molecule has 0 aliphatic carbocycles. The summed E-state index contributed by atoms with van der Waals surface area (Å²) in [5.74, 6) is 1.15. The van der Waals surface area contributed by atoms with Crippen LogP contribution in [-0.2, 0) is 17.8 Å². The number of hydrogen-bond donors (Lipinski definition) is 3. The summed E-state index contributed by atoms with van der Waals surface area (Å²) in [4.78, 5) is 20.2. The number of aliphatic hydroxyl groups excluding tert-OH is 2. The SMILES string of the molecule is CCc1cc(-c2noc(-c3ccc(CN(C)CC)s3)n2)cc(C)c1OC[C@@H](O)CNC(=O)CO. The Hall–Kier alpha value is -2.79. The minimum atomic E-state index is -0.896. The van der Waals surface area contributed by atoms with Crippen molar-refractivity contribution < 1.29 is 24.3 Å². The molecule has 2 aromatic heterocycles. The van der Waals surface area contributed by atoms with Crippen molar-refractivity contribution >= 4 is 17.2 Å². The van der Waals surface area contributed by atoms with Gasteiger partial charge in [-0.1, -0.05) is 19.0 Å². The van der Waals surface area contributed by atoms with E-state index >= 15 is 0 Å². The number of carbonyl (C=O) groups is 1. The predicted octanol–water partition coefficient (Wildman–Crippen LogP) is 2.64. The van der Waals surface area contributed by atoms with Crippen LogP contribution in [-0.4, -0.2) is 70.6 Å². The number of thiophene rings is 1. The molecule has 0 aliphatic heterocycles. The molecule has 0 fully saturated rings. The van der Waals surface area contributed by atoms with Crippen molar-refractivity contribution in [2.75, 3.05) is 33.4 Å². The van der Waals surface area contributed by atoms with Gasteiger partial charge in [-0.3, -0.25) is 4.79 Å². The number of amides is 1. The molecule has 3 aromatic rings. The minimum absolute atomic E-state index is 0.00276. The number of aryl methyl sites for hydroxylation is 2. The highest BCUT2D eigenvalue weighted by molar-refractivity contribution is 7.15. The van der Waals surface area contributed by atoms with Crippen LogP contribution in [0.25, 0.3) is 22.2 Å². The first-order valence-corrected chi connectivity index (χ1v) is 12.1. The van der Waals surface area contributed by atoms with Gasteiger partial charge < -0.3 is 29.7 Å². The van der Waals surface area contributed by atoms with Gasteiger partial charge in [-0.05, 0) is 62.3 Å². The summed E-state index contributed by atoms with van der Waals surface area (Å²) in [6.45, 7) is 7.33. The standard InChI is InChI=1S/C24H32N4O5S/c1-5-16-10-17(9-15(3)22(16)32-14-18(30)11-25-21(31)13-29)23-26-24(33-27-23)20-8-7-19(34-20)12-28(4)6-2/h7-10,18,29-30H,5-6,11-14H2,1-4H3,(H,25,31)/t18-/m0/s1. The van der Waals surface area contributed by atoms with Gasteiger partial charge in [0.15, 0.2) is 0 Å². The van der Waals surface area contributed by atoms with Gasteiger partial charge in [-0.15, -0.1) is 11.3 Å². The van der Waals surface area contributed by atoms with Crippen LogP contribution in [0.15, 0.2) is 28.8 Å². The number of carbonyl (C=O) groups excluding carboxylic acids is 1. The van der Waals surface area contributed by atoms with Crippen molar-refractivity contribution in [3.8, 4) is 27.9 Å². The highest BCUT2D eigenvalue weighted by Gasteiger charge is 2.17. The molecule has 0 aliphatic rings. The predicted molar refractivity (Wildman–Crippen MR) is 131 cm³/mol. The van der Waals surface area contributed by atoms with Gasteiger partial charge in [0.1, 0.15) is 25.1 Å². The molecule has 0 unspecified atom stereocenters. The van der Waals surface area contributed by atoms with Crippen LogP contribution < -0.4 is 10.1 Å². The van der Waals surface area contributed by atoms with Gasteiger partial charge >= 0.3 is 0 Å². The molecule has 0 bridgehead atoms. The Balaban J connectivity index is 1.72. The van der Waals surface area contributed by atoms with E-state index in [1.165, 1.54) is 4.88 Å². The molecule has 1 aromatic carbocycles. The van der Waals surface area contributed by atoms with Crippen LogP contribution in [0.3, 0.4) is 0 Å². The minimum Gasteiger partial charge on any atom is -0.490 e. The number of benzene rings is 1. The van der Waals surface area contributed by atoms with E-state index in [-0.39, 0.29) is 13.2 Å². The second kappa shape index (κ2) is 12.1. The molecule has 2 heterocycles. The van der Waals surface area contributed by atoms with E-state index in [0.29, 0.717) is 23.9 Å². The number of hydrogen-bond acceptors (Lipinski definition) is 9. The number of ether oxygens (including phenoxy) is 1. The second-order valence-corrected chi connectivity index (χ2v) is 9.25. The third kappa shape index (κ3) is 6.63. The Bertz CT molecular complexity index is 1100. The summed E-state index contributed by atoms with van der Waals surface area (Å²) < 4.78 is 11.4. The molecular formula is C24H32N4O5S. The van der Waals surface area contributed by atoms with Crippen LogP contribution in [0.1, 0.15) is 29.9 Å². The van der Waals surface area contributed by atoms with Crippen LogP contribution in [0.4, 0.5) is 0 Å². The largest absolute Gasteiger partial charge is 0.490 e. The summed E-state index contributed by atoms with van der Waals surface area (Å²) in [5.41, 5.74) is 2.66. The first-order valence-electron chi connectivity index (χ1n) is 11.3. The fraction of sp³-hybridized carbons (Fsp3) is 0.458. The first kappa shape index (κ1) is 25.8. The van der Waals surface area contributed by atoms with E-state index in [1.807, 2.05) is 32.0 Å². The molecule has 0 saturated heterocycles. The van der Waals surface area contributed by atoms with Crippen molar-refractivity contribution in [1.29, 1.82) is 0 Å². The number of nitrogens with zero attached hydrogens (tertiary/aromatic N) is 3. The van der Waals surface area contributed by atoms with Crippen LogP contribution in [0.5, 0.6) is 5.75 Å². The van der Waals surface area contributed by atoms with E-state index < -0.39 is 18.6 Å². The number of aliphatic hydroxyl groups is 2. The molecular weight excluding hydrogens is 456 g/mol. The molecule has 10 heteroatoms. The lowest BCUT2D eigenvalue weighted by atomic mass is 10.0. The summed E-state index contributed by atoms with van der Waals surface area (Å²) in [6.07, 6.45) is -0.183. The third-order valence-corrected chi connectivity index (χ3v) is 6.41. The smallest absolute Gasteiger partial charge is 0.268 e. The van der Waals surface area contributed by atoms with Gasteiger partial charge in [0.05, 0.1) is 4.88 Å². The van der Waals surface area contributed by atoms with E-state index in [4.69, 9.17) is 14.4 Å². The van der Waals surface area contributed by atoms with E-state index in [9.17, 15) is 9.90 Å². The van der Waals surface area contributed by atoms with Crippen molar-refractivity contribution in [3.05, 3.63) is 40.3 Å². The Morgan fingerprint density at radius 3 is 2.82 bits per heavy atom. The normalized spacial score (nSPS) is 12.2. The molecule has 1 amide bonds. The fourth-order valence-corrected chi connectivity index (χ4v) is 4.38. The Kier molecular flexibility index (Phi) is 9.17. The molecule has 9 nitrogen and oxygen atoms in total. The van der Waals surface area contributed by atoms with E-state index in [0.717, 1.165) is 34.7 Å². The van der Waals surface area contributed by atoms with Crippen LogP contribution >= 0.6 is 11.3 Å². The molecule has 3 N–H and O–H groups in total. The average Bonchev–Trinajstić information content (AvgIpc) is 3.51. The highest BCUT2D eigenvalue weighted by atomic mass is 32.1. The fourth-order valence-electron chi connectivity index (χ4n) is 3.37. The van der Waals surface area contributed by atoms with Gasteiger partial charge in [-0.2, -0.15) is 4.98 Å². The summed E-state index contributed by atoms with van der Waals surface area (Å²) in [5, 5.41) is 25.4. The maximum atomic E-state index is 11.1. The zero-order valence-electron chi connectivity index (χ0n) is 20.0.